The normalized spacial score (nSPS) is 30.2. The maximum Gasteiger partial charge on any atom is 0.00615 e. The van der Waals surface area contributed by atoms with Crippen molar-refractivity contribution in [2.24, 2.45) is 5.92 Å². The average molecular weight is 170 g/mol. The van der Waals surface area contributed by atoms with Crippen LogP contribution in [0, 0.1) is 5.92 Å². The Bertz CT molecular complexity index is 350. The molecule has 0 aromatic heterocycles. The maximum atomic E-state index is 2.44. The van der Waals surface area contributed by atoms with Crippen molar-refractivity contribution in [2.45, 2.75) is 25.7 Å². The van der Waals surface area contributed by atoms with Gasteiger partial charge in [-0.3, -0.25) is 0 Å². The van der Waals surface area contributed by atoms with Crippen LogP contribution in [0.5, 0.6) is 0 Å². The van der Waals surface area contributed by atoms with Crippen molar-refractivity contribution >= 4 is 0 Å². The van der Waals surface area contributed by atoms with Gasteiger partial charge in [-0.15, -0.1) is 0 Å². The smallest absolute Gasteiger partial charge is 0.00615 e. The molecule has 66 valence electrons. The lowest BCUT2D eigenvalue weighted by molar-refractivity contribution is 0.698. The molecule has 0 nitrogen and oxygen atoms in total. The van der Waals surface area contributed by atoms with E-state index in [-0.39, 0.29) is 0 Å². The van der Waals surface area contributed by atoms with E-state index in [0.717, 1.165) is 0 Å². The van der Waals surface area contributed by atoms with Gasteiger partial charge in [0.1, 0.15) is 0 Å². The zero-order valence-electron chi connectivity index (χ0n) is 7.79. The van der Waals surface area contributed by atoms with Gasteiger partial charge in [-0.2, -0.15) is 0 Å². The second-order valence-corrected chi connectivity index (χ2v) is 4.15. The standard InChI is InChI=1S/C13H14/c1-2-5-11-9-13-7-3-6-12(13)8-10(11)4-1/h3-4,6-7,9,12H,1-2,5,8H2. The highest BCUT2D eigenvalue weighted by Crippen LogP contribution is 2.39. The van der Waals surface area contributed by atoms with E-state index in [4.69, 9.17) is 0 Å². The monoisotopic (exact) mass is 170 g/mol. The Balaban J connectivity index is 2.03. The molecule has 13 heavy (non-hydrogen) atoms. The van der Waals surface area contributed by atoms with Crippen molar-refractivity contribution in [2.75, 3.05) is 0 Å². The molecule has 1 atom stereocenters. The van der Waals surface area contributed by atoms with Gasteiger partial charge in [-0.25, -0.2) is 0 Å². The largest absolute Gasteiger partial charge is 0.0810 e. The highest BCUT2D eigenvalue weighted by molar-refractivity contribution is 5.49. The second-order valence-electron chi connectivity index (χ2n) is 4.15. The molecule has 3 rings (SSSR count). The predicted octanol–water partition coefficient (Wildman–Crippen LogP) is 3.54. The third-order valence-electron chi connectivity index (χ3n) is 3.29. The third kappa shape index (κ3) is 1.13. The molecular formula is C13H14. The molecule has 0 fully saturated rings. The minimum atomic E-state index is 0.702. The first kappa shape index (κ1) is 7.37. The Kier molecular flexibility index (Phi) is 1.55. The van der Waals surface area contributed by atoms with Crippen LogP contribution < -0.4 is 0 Å². The van der Waals surface area contributed by atoms with Crippen molar-refractivity contribution in [1.29, 1.82) is 0 Å². The lowest BCUT2D eigenvalue weighted by Gasteiger charge is -2.26. The van der Waals surface area contributed by atoms with E-state index in [9.17, 15) is 0 Å². The first-order chi connectivity index (χ1) is 6.43. The quantitative estimate of drug-likeness (QED) is 0.521. The van der Waals surface area contributed by atoms with E-state index in [1.54, 1.807) is 11.1 Å². The summed E-state index contributed by atoms with van der Waals surface area (Å²) in [6.07, 6.45) is 16.9. The molecule has 3 aliphatic carbocycles. The fraction of sp³-hybridized carbons (Fsp3) is 0.385. The van der Waals surface area contributed by atoms with Gasteiger partial charge < -0.3 is 0 Å². The molecule has 0 heterocycles. The first-order valence-electron chi connectivity index (χ1n) is 5.22. The van der Waals surface area contributed by atoms with Crippen LogP contribution in [0.15, 0.2) is 47.1 Å². The van der Waals surface area contributed by atoms with Gasteiger partial charge >= 0.3 is 0 Å². The highest BCUT2D eigenvalue weighted by Gasteiger charge is 2.23. The number of rotatable bonds is 0. The van der Waals surface area contributed by atoms with Gasteiger partial charge in [0, 0.05) is 5.92 Å². The molecule has 3 aliphatic rings. The van der Waals surface area contributed by atoms with Crippen LogP contribution in [0.2, 0.25) is 0 Å². The third-order valence-corrected chi connectivity index (χ3v) is 3.29. The summed E-state index contributed by atoms with van der Waals surface area (Å²) in [7, 11) is 0. The van der Waals surface area contributed by atoms with Crippen molar-refractivity contribution in [3.63, 3.8) is 0 Å². The number of hydrogen-bond acceptors (Lipinski definition) is 0. The summed E-state index contributed by atoms with van der Waals surface area (Å²) in [5.74, 6) is 0.702. The van der Waals surface area contributed by atoms with Crippen LogP contribution in [0.1, 0.15) is 25.7 Å². The van der Waals surface area contributed by atoms with Crippen LogP contribution in [-0.2, 0) is 0 Å². The molecule has 0 aromatic carbocycles. The van der Waals surface area contributed by atoms with Crippen LogP contribution in [0.25, 0.3) is 0 Å². The van der Waals surface area contributed by atoms with Gasteiger partial charge in [-0.1, -0.05) is 30.4 Å². The number of fused-ring (bicyclic) bond motifs is 2. The van der Waals surface area contributed by atoms with Crippen molar-refractivity contribution in [3.8, 4) is 0 Å². The van der Waals surface area contributed by atoms with E-state index in [2.05, 4.69) is 30.4 Å². The Labute approximate surface area is 79.3 Å². The molecule has 0 aromatic rings. The summed E-state index contributed by atoms with van der Waals surface area (Å²) in [6, 6.07) is 0. The van der Waals surface area contributed by atoms with E-state index < -0.39 is 0 Å². The Morgan fingerprint density at radius 3 is 3.23 bits per heavy atom. The average Bonchev–Trinajstić information content (AvgIpc) is 2.61. The molecule has 0 amide bonds. The van der Waals surface area contributed by atoms with Crippen molar-refractivity contribution < 1.29 is 0 Å². The molecule has 0 radical (unpaired) electrons. The molecule has 0 saturated carbocycles. The zero-order valence-corrected chi connectivity index (χ0v) is 7.79. The first-order valence-corrected chi connectivity index (χ1v) is 5.22. The SMILES string of the molecule is C1=CC2CC3=CCCCC3=CC2=C1. The summed E-state index contributed by atoms with van der Waals surface area (Å²) in [5, 5.41) is 0. The second kappa shape index (κ2) is 2.73. The lowest BCUT2D eigenvalue weighted by Crippen LogP contribution is -2.09. The Morgan fingerprint density at radius 2 is 2.23 bits per heavy atom. The van der Waals surface area contributed by atoms with Gasteiger partial charge in [0.05, 0.1) is 0 Å². The van der Waals surface area contributed by atoms with Gasteiger partial charge in [0.2, 0.25) is 0 Å². The van der Waals surface area contributed by atoms with Gasteiger partial charge in [-0.05, 0) is 42.4 Å². The van der Waals surface area contributed by atoms with E-state index in [1.165, 1.54) is 31.3 Å². The van der Waals surface area contributed by atoms with E-state index in [0.29, 0.717) is 5.92 Å². The minimum absolute atomic E-state index is 0.702. The fourth-order valence-corrected chi connectivity index (χ4v) is 2.55. The minimum Gasteiger partial charge on any atom is -0.0810 e. The summed E-state index contributed by atoms with van der Waals surface area (Å²) in [6.45, 7) is 0. The molecule has 0 spiro atoms. The summed E-state index contributed by atoms with van der Waals surface area (Å²) < 4.78 is 0. The Hall–Kier alpha value is -1.04. The zero-order chi connectivity index (χ0) is 8.67. The fourth-order valence-electron chi connectivity index (χ4n) is 2.55. The number of hydrogen-bond donors (Lipinski definition) is 0. The van der Waals surface area contributed by atoms with Crippen LogP contribution in [0.4, 0.5) is 0 Å². The molecule has 0 aliphatic heterocycles. The van der Waals surface area contributed by atoms with Crippen LogP contribution >= 0.6 is 0 Å². The molecule has 0 N–H and O–H groups in total. The molecular weight excluding hydrogens is 156 g/mol. The molecule has 1 unspecified atom stereocenters. The lowest BCUT2D eigenvalue weighted by atomic mass is 9.79. The Morgan fingerprint density at radius 1 is 1.23 bits per heavy atom. The molecule has 0 heteroatoms. The van der Waals surface area contributed by atoms with Crippen LogP contribution in [-0.4, -0.2) is 0 Å². The van der Waals surface area contributed by atoms with Crippen molar-refractivity contribution in [1.82, 2.24) is 0 Å². The summed E-state index contributed by atoms with van der Waals surface area (Å²) in [4.78, 5) is 0. The number of allylic oxidation sites excluding steroid dienone is 8. The predicted molar refractivity (Wildman–Crippen MR) is 55.3 cm³/mol. The summed E-state index contributed by atoms with van der Waals surface area (Å²) >= 11 is 0. The highest BCUT2D eigenvalue weighted by atomic mass is 14.3. The van der Waals surface area contributed by atoms with Crippen molar-refractivity contribution in [3.05, 3.63) is 47.1 Å². The van der Waals surface area contributed by atoms with E-state index in [1.807, 2.05) is 0 Å². The van der Waals surface area contributed by atoms with E-state index >= 15 is 0 Å². The summed E-state index contributed by atoms with van der Waals surface area (Å²) in [5.41, 5.74) is 4.77. The van der Waals surface area contributed by atoms with Crippen LogP contribution in [0.3, 0.4) is 0 Å². The maximum absolute atomic E-state index is 2.44. The topological polar surface area (TPSA) is 0 Å². The van der Waals surface area contributed by atoms with Gasteiger partial charge in [0.15, 0.2) is 0 Å². The van der Waals surface area contributed by atoms with Gasteiger partial charge in [0.25, 0.3) is 0 Å². The molecule has 0 bridgehead atoms. The molecule has 0 saturated heterocycles.